The first kappa shape index (κ1) is 33.1. The lowest BCUT2D eigenvalue weighted by Crippen LogP contribution is -2.46. The first-order chi connectivity index (χ1) is 16.3. The van der Waals surface area contributed by atoms with Crippen molar-refractivity contribution in [2.45, 2.75) is 148 Å². The molecule has 0 bridgehead atoms. The minimum absolute atomic E-state index is 0.285. The van der Waals surface area contributed by atoms with Gasteiger partial charge >= 0.3 is 0 Å². The number of rotatable bonds is 24. The maximum absolute atomic E-state index is 12.3. The molecule has 2 unspecified atom stereocenters. The minimum atomic E-state index is -4.31. The minimum Gasteiger partial charge on any atom is -0.387 e. The topological polar surface area (TPSA) is 104 Å². The Morgan fingerprint density at radius 1 is 0.765 bits per heavy atom. The molecule has 34 heavy (non-hydrogen) atoms. The van der Waals surface area contributed by atoms with Gasteiger partial charge in [-0.3, -0.25) is 9.35 Å². The summed E-state index contributed by atoms with van der Waals surface area (Å²) in [5.74, 6) is -0.981. The number of aliphatic hydroxyl groups excluding tert-OH is 1. The Bertz CT molecular complexity index is 606. The van der Waals surface area contributed by atoms with Gasteiger partial charge in [0.1, 0.15) is 0 Å². The normalized spacial score (nSPS) is 13.9. The lowest BCUT2D eigenvalue weighted by Gasteiger charge is -2.21. The monoisotopic (exact) mass is 503 g/mol. The summed E-state index contributed by atoms with van der Waals surface area (Å²) < 4.78 is 31.9. The second kappa shape index (κ2) is 22.5. The molecule has 0 aliphatic heterocycles. The van der Waals surface area contributed by atoms with Gasteiger partial charge in [-0.25, -0.2) is 0 Å². The predicted molar refractivity (Wildman–Crippen MR) is 143 cm³/mol. The summed E-state index contributed by atoms with van der Waals surface area (Å²) in [5, 5.41) is 12.9. The van der Waals surface area contributed by atoms with Crippen LogP contribution < -0.4 is 5.32 Å². The van der Waals surface area contributed by atoms with E-state index >= 15 is 0 Å². The van der Waals surface area contributed by atoms with Crippen LogP contribution in [0, 0.1) is 0 Å². The van der Waals surface area contributed by atoms with Crippen molar-refractivity contribution in [2.24, 2.45) is 0 Å². The molecule has 0 rings (SSSR count). The van der Waals surface area contributed by atoms with Crippen LogP contribution in [-0.2, 0) is 14.9 Å². The molecule has 3 N–H and O–H groups in total. The van der Waals surface area contributed by atoms with E-state index in [0.717, 1.165) is 51.4 Å². The van der Waals surface area contributed by atoms with Gasteiger partial charge in [-0.15, -0.1) is 0 Å². The highest BCUT2D eigenvalue weighted by atomic mass is 32.2. The number of carbonyl (C=O) groups excluding carboxylic acids is 1. The van der Waals surface area contributed by atoms with Crippen molar-refractivity contribution in [3.8, 4) is 0 Å². The van der Waals surface area contributed by atoms with Crippen molar-refractivity contribution in [2.75, 3.05) is 5.75 Å². The number of amides is 1. The van der Waals surface area contributed by atoms with Crippen LogP contribution in [0.1, 0.15) is 136 Å². The molecule has 0 heterocycles. The number of unbranched alkanes of at least 4 members (excludes halogenated alkanes) is 16. The third-order valence-electron chi connectivity index (χ3n) is 6.21. The van der Waals surface area contributed by atoms with Gasteiger partial charge in [-0.05, 0) is 19.3 Å². The summed E-state index contributed by atoms with van der Waals surface area (Å²) in [6.45, 7) is 4.38. The van der Waals surface area contributed by atoms with Gasteiger partial charge in [0.2, 0.25) is 5.91 Å². The highest BCUT2D eigenvalue weighted by Gasteiger charge is 2.24. The molecule has 0 saturated carbocycles. The lowest BCUT2D eigenvalue weighted by atomic mass is 10.0. The summed E-state index contributed by atoms with van der Waals surface area (Å²) in [6, 6.07) is -1.05. The molecule has 2 atom stereocenters. The molecule has 202 valence electrons. The third kappa shape index (κ3) is 22.9. The summed E-state index contributed by atoms with van der Waals surface area (Å²) >= 11 is 0. The van der Waals surface area contributed by atoms with E-state index in [1.807, 2.05) is 6.08 Å². The van der Waals surface area contributed by atoms with E-state index in [1.54, 1.807) is 0 Å². The molecule has 6 nitrogen and oxygen atoms in total. The Balaban J connectivity index is 4.03. The molecule has 0 aromatic rings. The summed E-state index contributed by atoms with van der Waals surface area (Å²) in [7, 11) is -4.31. The zero-order valence-electron chi connectivity index (χ0n) is 22.0. The molecular weight excluding hydrogens is 450 g/mol. The Hall–Kier alpha value is -0.920. The van der Waals surface area contributed by atoms with E-state index in [0.29, 0.717) is 6.42 Å². The van der Waals surface area contributed by atoms with Gasteiger partial charge in [0.25, 0.3) is 10.1 Å². The van der Waals surface area contributed by atoms with Gasteiger partial charge < -0.3 is 10.4 Å². The van der Waals surface area contributed by atoms with E-state index in [4.69, 9.17) is 0 Å². The van der Waals surface area contributed by atoms with Crippen molar-refractivity contribution >= 4 is 16.0 Å². The first-order valence-electron chi connectivity index (χ1n) is 13.9. The number of hydrogen-bond acceptors (Lipinski definition) is 4. The lowest BCUT2D eigenvalue weighted by molar-refractivity contribution is -0.122. The summed E-state index contributed by atoms with van der Waals surface area (Å²) in [5.41, 5.74) is 0. The van der Waals surface area contributed by atoms with Crippen LogP contribution >= 0.6 is 0 Å². The maximum atomic E-state index is 12.3. The average molecular weight is 504 g/mol. The van der Waals surface area contributed by atoms with Crippen LogP contribution in [0.15, 0.2) is 12.2 Å². The molecule has 0 saturated heterocycles. The molecular formula is C27H53NO5S. The molecule has 0 fully saturated rings. The number of hydrogen-bond donors (Lipinski definition) is 3. The van der Waals surface area contributed by atoms with Crippen molar-refractivity contribution in [1.29, 1.82) is 0 Å². The van der Waals surface area contributed by atoms with Crippen molar-refractivity contribution in [1.82, 2.24) is 5.32 Å². The molecule has 0 spiro atoms. The Morgan fingerprint density at radius 3 is 1.68 bits per heavy atom. The number of allylic oxidation sites excluding steroid dienone is 1. The maximum Gasteiger partial charge on any atom is 0.267 e. The first-order valence-corrected chi connectivity index (χ1v) is 15.5. The van der Waals surface area contributed by atoms with Gasteiger partial charge in [0.15, 0.2) is 0 Å². The van der Waals surface area contributed by atoms with Crippen LogP contribution in [0.5, 0.6) is 0 Å². The van der Waals surface area contributed by atoms with Crippen molar-refractivity contribution in [3.63, 3.8) is 0 Å². The van der Waals surface area contributed by atoms with E-state index in [9.17, 15) is 22.9 Å². The van der Waals surface area contributed by atoms with Crippen LogP contribution in [0.25, 0.3) is 0 Å². The van der Waals surface area contributed by atoms with Crippen LogP contribution in [-0.4, -0.2) is 41.9 Å². The Labute approximate surface area is 210 Å². The number of aliphatic hydroxyl groups is 1. The molecule has 0 aromatic heterocycles. The van der Waals surface area contributed by atoms with E-state index in [2.05, 4.69) is 19.2 Å². The highest BCUT2D eigenvalue weighted by Crippen LogP contribution is 2.13. The quantitative estimate of drug-likeness (QED) is 0.0770. The van der Waals surface area contributed by atoms with Crippen LogP contribution in [0.3, 0.4) is 0 Å². The van der Waals surface area contributed by atoms with Crippen LogP contribution in [0.4, 0.5) is 0 Å². The summed E-state index contributed by atoms with van der Waals surface area (Å²) in [4.78, 5) is 12.3. The molecule has 1 amide bonds. The third-order valence-corrected chi connectivity index (χ3v) is 6.99. The fourth-order valence-corrected chi connectivity index (χ4v) is 4.83. The fraction of sp³-hybridized carbons (Fsp3) is 0.889. The van der Waals surface area contributed by atoms with Crippen molar-refractivity contribution < 1.29 is 22.9 Å². The largest absolute Gasteiger partial charge is 0.387 e. The standard InChI is InChI=1S/C27H53NO5S/c1-3-5-7-9-11-12-13-14-15-16-17-19-21-23-27(30)28-25(24-34(31,32)33)26(29)22-20-18-10-8-6-4-2/h20,22,25-26,29H,3-19,21,23-24H2,1-2H3,(H,28,30)(H,31,32,33)/b22-20+. The smallest absolute Gasteiger partial charge is 0.267 e. The second-order valence-corrected chi connectivity index (χ2v) is 11.2. The molecule has 0 aromatic carbocycles. The molecule has 0 aliphatic rings. The van der Waals surface area contributed by atoms with E-state index in [-0.39, 0.29) is 5.91 Å². The molecule has 7 heteroatoms. The zero-order valence-corrected chi connectivity index (χ0v) is 22.8. The SMILES string of the molecule is CCCCCC/C=C/C(O)C(CS(=O)(=O)O)NC(=O)CCCCCCCCCCCCCCC. The average Bonchev–Trinajstić information content (AvgIpc) is 2.77. The predicted octanol–water partition coefficient (Wildman–Crippen LogP) is 6.73. The van der Waals surface area contributed by atoms with Gasteiger partial charge in [0, 0.05) is 6.42 Å². The van der Waals surface area contributed by atoms with Gasteiger partial charge in [-0.2, -0.15) is 8.42 Å². The molecule has 0 aliphatic carbocycles. The zero-order chi connectivity index (χ0) is 25.5. The number of carbonyl (C=O) groups is 1. The Kier molecular flexibility index (Phi) is 21.9. The van der Waals surface area contributed by atoms with E-state index in [1.165, 1.54) is 70.3 Å². The van der Waals surface area contributed by atoms with Crippen LogP contribution in [0.2, 0.25) is 0 Å². The number of nitrogens with one attached hydrogen (secondary N) is 1. The van der Waals surface area contributed by atoms with Gasteiger partial charge in [0.05, 0.1) is 17.9 Å². The van der Waals surface area contributed by atoms with Gasteiger partial charge in [-0.1, -0.05) is 122 Å². The second-order valence-electron chi connectivity index (χ2n) is 9.68. The summed E-state index contributed by atoms with van der Waals surface area (Å²) in [6.07, 6.45) is 23.6. The van der Waals surface area contributed by atoms with E-state index < -0.39 is 28.0 Å². The van der Waals surface area contributed by atoms with Crippen molar-refractivity contribution in [3.05, 3.63) is 12.2 Å². The fourth-order valence-electron chi connectivity index (χ4n) is 4.09. The molecule has 0 radical (unpaired) electrons. The highest BCUT2D eigenvalue weighted by molar-refractivity contribution is 7.85. The Morgan fingerprint density at radius 2 is 1.21 bits per heavy atom.